The van der Waals surface area contributed by atoms with Gasteiger partial charge in [-0.1, -0.05) is 19.1 Å². The Morgan fingerprint density at radius 1 is 1.37 bits per heavy atom. The second-order valence-electron chi connectivity index (χ2n) is 5.15. The molecular formula is C15H21NO2S. The van der Waals surface area contributed by atoms with Gasteiger partial charge in [0.2, 0.25) is 0 Å². The van der Waals surface area contributed by atoms with E-state index in [1.807, 2.05) is 0 Å². The van der Waals surface area contributed by atoms with E-state index in [4.69, 9.17) is 4.74 Å². The molecule has 1 aromatic rings. The van der Waals surface area contributed by atoms with Crippen LogP contribution in [-0.4, -0.2) is 37.3 Å². The summed E-state index contributed by atoms with van der Waals surface area (Å²) in [7, 11) is 1.47. The van der Waals surface area contributed by atoms with E-state index in [1.165, 1.54) is 17.6 Å². The molecule has 1 heterocycles. The highest BCUT2D eigenvalue weighted by atomic mass is 32.2. The fraction of sp³-hybridized carbons (Fsp3) is 0.533. The number of thioether (sulfide) groups is 1. The Morgan fingerprint density at radius 2 is 2.05 bits per heavy atom. The zero-order valence-electron chi connectivity index (χ0n) is 11.8. The van der Waals surface area contributed by atoms with Crippen molar-refractivity contribution in [3.8, 4) is 0 Å². The summed E-state index contributed by atoms with van der Waals surface area (Å²) in [5, 5.41) is 0. The van der Waals surface area contributed by atoms with Crippen LogP contribution in [0, 0.1) is 11.8 Å². The smallest absolute Gasteiger partial charge is 0.310 e. The van der Waals surface area contributed by atoms with Crippen molar-refractivity contribution in [2.75, 3.05) is 26.5 Å². The molecule has 1 fully saturated rings. The molecule has 0 bridgehead atoms. The third-order valence-corrected chi connectivity index (χ3v) is 4.50. The molecule has 2 rings (SSSR count). The fourth-order valence-electron chi connectivity index (χ4n) is 2.64. The molecule has 1 aliphatic rings. The molecular weight excluding hydrogens is 258 g/mol. The number of rotatable bonds is 4. The van der Waals surface area contributed by atoms with E-state index in [0.717, 1.165) is 19.6 Å². The van der Waals surface area contributed by atoms with Crippen molar-refractivity contribution < 1.29 is 9.53 Å². The number of hydrogen-bond donors (Lipinski definition) is 0. The maximum atomic E-state index is 11.7. The van der Waals surface area contributed by atoms with Crippen LogP contribution in [0.5, 0.6) is 0 Å². The normalized spacial score (nSPS) is 23.5. The van der Waals surface area contributed by atoms with Gasteiger partial charge in [-0.05, 0) is 29.9 Å². The number of ether oxygens (including phenoxy) is 1. The molecule has 104 valence electrons. The van der Waals surface area contributed by atoms with Crippen LogP contribution in [0.3, 0.4) is 0 Å². The number of esters is 1. The van der Waals surface area contributed by atoms with Crippen molar-refractivity contribution in [1.82, 2.24) is 4.90 Å². The molecule has 3 nitrogen and oxygen atoms in total. The molecule has 2 atom stereocenters. The number of hydrogen-bond acceptors (Lipinski definition) is 4. The predicted molar refractivity (Wildman–Crippen MR) is 78.2 cm³/mol. The second-order valence-corrected chi connectivity index (χ2v) is 6.03. The van der Waals surface area contributed by atoms with Crippen LogP contribution >= 0.6 is 11.8 Å². The number of carbonyl (C=O) groups excluding carboxylic acids is 1. The molecule has 0 aliphatic carbocycles. The van der Waals surface area contributed by atoms with Gasteiger partial charge in [-0.15, -0.1) is 11.8 Å². The molecule has 0 radical (unpaired) electrons. The topological polar surface area (TPSA) is 29.5 Å². The number of methoxy groups -OCH3 is 1. The Bertz CT molecular complexity index is 432. The van der Waals surface area contributed by atoms with Crippen molar-refractivity contribution in [2.24, 2.45) is 11.8 Å². The second kappa shape index (κ2) is 6.44. The third kappa shape index (κ3) is 3.51. The summed E-state index contributed by atoms with van der Waals surface area (Å²) < 4.78 is 4.87. The Kier molecular flexibility index (Phi) is 4.88. The summed E-state index contributed by atoms with van der Waals surface area (Å²) in [5.41, 5.74) is 1.30. The SMILES string of the molecule is COC(=O)C1CN(Cc2ccc(SC)cc2)CC1C. The maximum absolute atomic E-state index is 11.7. The van der Waals surface area contributed by atoms with Crippen LogP contribution in [0.1, 0.15) is 12.5 Å². The van der Waals surface area contributed by atoms with Gasteiger partial charge in [-0.2, -0.15) is 0 Å². The van der Waals surface area contributed by atoms with Gasteiger partial charge < -0.3 is 4.74 Å². The van der Waals surface area contributed by atoms with Crippen molar-refractivity contribution in [3.63, 3.8) is 0 Å². The third-order valence-electron chi connectivity index (χ3n) is 3.76. The average Bonchev–Trinajstić information content (AvgIpc) is 2.79. The van der Waals surface area contributed by atoms with Gasteiger partial charge in [0, 0.05) is 24.5 Å². The predicted octanol–water partition coefficient (Wildman–Crippen LogP) is 2.65. The number of carbonyl (C=O) groups is 1. The van der Waals surface area contributed by atoms with E-state index in [2.05, 4.69) is 42.3 Å². The van der Waals surface area contributed by atoms with E-state index in [9.17, 15) is 4.79 Å². The first-order chi connectivity index (χ1) is 9.13. The summed E-state index contributed by atoms with van der Waals surface area (Å²) >= 11 is 1.75. The van der Waals surface area contributed by atoms with Crippen LogP contribution in [0.4, 0.5) is 0 Å². The maximum Gasteiger partial charge on any atom is 0.310 e. The minimum atomic E-state index is -0.0762. The molecule has 1 aromatic carbocycles. The molecule has 0 aromatic heterocycles. The molecule has 19 heavy (non-hydrogen) atoms. The minimum Gasteiger partial charge on any atom is -0.469 e. The summed E-state index contributed by atoms with van der Waals surface area (Å²) in [6.07, 6.45) is 2.08. The number of benzene rings is 1. The lowest BCUT2D eigenvalue weighted by molar-refractivity contribution is -0.146. The average molecular weight is 279 g/mol. The van der Waals surface area contributed by atoms with Crippen LogP contribution in [0.15, 0.2) is 29.2 Å². The standard InChI is InChI=1S/C15H21NO2S/c1-11-8-16(10-14(11)15(17)18-2)9-12-4-6-13(19-3)7-5-12/h4-7,11,14H,8-10H2,1-3H3. The fourth-order valence-corrected chi connectivity index (χ4v) is 3.05. The summed E-state index contributed by atoms with van der Waals surface area (Å²) in [6, 6.07) is 8.64. The highest BCUT2D eigenvalue weighted by Gasteiger charge is 2.35. The largest absolute Gasteiger partial charge is 0.469 e. The van der Waals surface area contributed by atoms with Gasteiger partial charge in [-0.25, -0.2) is 0 Å². The van der Waals surface area contributed by atoms with E-state index in [-0.39, 0.29) is 11.9 Å². The first-order valence-electron chi connectivity index (χ1n) is 6.57. The van der Waals surface area contributed by atoms with E-state index in [0.29, 0.717) is 5.92 Å². The summed E-state index contributed by atoms with van der Waals surface area (Å²) in [6.45, 7) is 4.80. The first kappa shape index (κ1) is 14.4. The monoisotopic (exact) mass is 279 g/mol. The van der Waals surface area contributed by atoms with Gasteiger partial charge in [0.1, 0.15) is 0 Å². The van der Waals surface area contributed by atoms with Crippen molar-refractivity contribution >= 4 is 17.7 Å². The van der Waals surface area contributed by atoms with Crippen LogP contribution in [0.25, 0.3) is 0 Å². The van der Waals surface area contributed by atoms with Crippen LogP contribution in [-0.2, 0) is 16.1 Å². The van der Waals surface area contributed by atoms with Crippen LogP contribution in [0.2, 0.25) is 0 Å². The minimum absolute atomic E-state index is 0.0236. The molecule has 4 heteroatoms. The zero-order chi connectivity index (χ0) is 13.8. The Labute approximate surface area is 119 Å². The zero-order valence-corrected chi connectivity index (χ0v) is 12.6. The lowest BCUT2D eigenvalue weighted by Gasteiger charge is -2.15. The van der Waals surface area contributed by atoms with Gasteiger partial charge in [0.25, 0.3) is 0 Å². The van der Waals surface area contributed by atoms with Crippen LogP contribution < -0.4 is 0 Å². The van der Waals surface area contributed by atoms with Crippen molar-refractivity contribution in [3.05, 3.63) is 29.8 Å². The summed E-state index contributed by atoms with van der Waals surface area (Å²) in [4.78, 5) is 15.3. The number of likely N-dealkylation sites (tertiary alicyclic amines) is 1. The molecule has 1 aliphatic heterocycles. The lowest BCUT2D eigenvalue weighted by atomic mass is 9.99. The Balaban J connectivity index is 1.95. The Hall–Kier alpha value is -1.00. The molecule has 0 amide bonds. The van der Waals surface area contributed by atoms with Crippen molar-refractivity contribution in [2.45, 2.75) is 18.4 Å². The van der Waals surface area contributed by atoms with Gasteiger partial charge in [0.15, 0.2) is 0 Å². The first-order valence-corrected chi connectivity index (χ1v) is 7.79. The molecule has 0 N–H and O–H groups in total. The molecule has 2 unspecified atom stereocenters. The highest BCUT2D eigenvalue weighted by Crippen LogP contribution is 2.26. The van der Waals surface area contributed by atoms with E-state index < -0.39 is 0 Å². The highest BCUT2D eigenvalue weighted by molar-refractivity contribution is 7.98. The van der Waals surface area contributed by atoms with Gasteiger partial charge in [0.05, 0.1) is 13.0 Å². The van der Waals surface area contributed by atoms with E-state index in [1.54, 1.807) is 11.8 Å². The summed E-state index contributed by atoms with van der Waals surface area (Å²) in [5.74, 6) is 0.320. The number of nitrogens with zero attached hydrogens (tertiary/aromatic N) is 1. The van der Waals surface area contributed by atoms with Crippen molar-refractivity contribution in [1.29, 1.82) is 0 Å². The van der Waals surface area contributed by atoms with E-state index >= 15 is 0 Å². The van der Waals surface area contributed by atoms with Gasteiger partial charge >= 0.3 is 5.97 Å². The quantitative estimate of drug-likeness (QED) is 0.626. The molecule has 1 saturated heterocycles. The molecule has 0 saturated carbocycles. The Morgan fingerprint density at radius 3 is 2.63 bits per heavy atom. The van der Waals surface area contributed by atoms with Gasteiger partial charge in [-0.3, -0.25) is 9.69 Å². The molecule has 0 spiro atoms. The lowest BCUT2D eigenvalue weighted by Crippen LogP contribution is -2.24.